The van der Waals surface area contributed by atoms with E-state index in [-0.39, 0.29) is 0 Å². The summed E-state index contributed by atoms with van der Waals surface area (Å²) >= 11 is 0. The minimum absolute atomic E-state index is 0.909. The molecule has 0 radical (unpaired) electrons. The van der Waals surface area contributed by atoms with Gasteiger partial charge in [0.2, 0.25) is 0 Å². The van der Waals surface area contributed by atoms with Crippen LogP contribution in [0.15, 0.2) is 211 Å². The van der Waals surface area contributed by atoms with Crippen molar-refractivity contribution in [3.63, 3.8) is 0 Å². The van der Waals surface area contributed by atoms with E-state index >= 15 is 0 Å². The van der Waals surface area contributed by atoms with Crippen molar-refractivity contribution >= 4 is 65.0 Å². The fourth-order valence-electron chi connectivity index (χ4n) is 10.2. The summed E-state index contributed by atoms with van der Waals surface area (Å²) in [4.78, 5) is 0. The van der Waals surface area contributed by atoms with Crippen LogP contribution in [0, 0.1) is 0 Å². The van der Waals surface area contributed by atoms with Gasteiger partial charge in [0.25, 0.3) is 0 Å². The Labute approximate surface area is 341 Å². The van der Waals surface area contributed by atoms with Crippen molar-refractivity contribution in [2.75, 3.05) is 0 Å². The highest BCUT2D eigenvalue weighted by Gasteiger charge is 2.23. The van der Waals surface area contributed by atoms with Crippen LogP contribution >= 0.6 is 0 Å². The zero-order chi connectivity index (χ0) is 38.6. The van der Waals surface area contributed by atoms with E-state index in [0.29, 0.717) is 0 Å². The largest absolute Gasteiger partial charge is 0.455 e. The Bertz CT molecular complexity index is 3630. The van der Waals surface area contributed by atoms with Crippen molar-refractivity contribution < 1.29 is 4.42 Å². The molecule has 272 valence electrons. The normalized spacial score (nSPS) is 12.1. The third-order valence-corrected chi connectivity index (χ3v) is 12.8. The molecular weight excluding hydrogens is 713 g/mol. The second-order valence-electron chi connectivity index (χ2n) is 15.9. The van der Waals surface area contributed by atoms with Crippen molar-refractivity contribution in [3.05, 3.63) is 206 Å². The highest BCUT2D eigenvalue weighted by Crippen LogP contribution is 2.50. The molecule has 0 fully saturated rings. The van der Waals surface area contributed by atoms with Crippen LogP contribution in [0.3, 0.4) is 0 Å². The average Bonchev–Trinajstić information content (AvgIpc) is 3.85. The first-order valence-electron chi connectivity index (χ1n) is 20.4. The van der Waals surface area contributed by atoms with E-state index in [9.17, 15) is 0 Å². The summed E-state index contributed by atoms with van der Waals surface area (Å²) in [6, 6.07) is 75.8. The molecule has 11 aromatic carbocycles. The molecule has 1 aliphatic carbocycles. The highest BCUT2D eigenvalue weighted by atomic mass is 16.3. The van der Waals surface area contributed by atoms with Crippen LogP contribution in [0.25, 0.3) is 132 Å². The van der Waals surface area contributed by atoms with Gasteiger partial charge in [0.15, 0.2) is 0 Å². The smallest absolute Gasteiger partial charge is 0.143 e. The van der Waals surface area contributed by atoms with Crippen molar-refractivity contribution in [2.24, 2.45) is 0 Å². The summed E-state index contributed by atoms with van der Waals surface area (Å²) in [7, 11) is 0. The molecule has 0 unspecified atom stereocenters. The molecule has 0 N–H and O–H groups in total. The van der Waals surface area contributed by atoms with E-state index < -0.39 is 0 Å². The molecule has 0 aliphatic heterocycles. The van der Waals surface area contributed by atoms with Crippen molar-refractivity contribution in [1.29, 1.82) is 0 Å². The second kappa shape index (κ2) is 12.4. The number of fused-ring (bicyclic) bond motifs is 10. The van der Waals surface area contributed by atoms with Gasteiger partial charge in [-0.15, -0.1) is 0 Å². The van der Waals surface area contributed by atoms with Gasteiger partial charge in [0, 0.05) is 16.2 Å². The Balaban J connectivity index is 0.954. The topological polar surface area (TPSA) is 13.1 Å². The predicted octanol–water partition coefficient (Wildman–Crippen LogP) is 16.5. The Hall–Kier alpha value is -7.74. The number of furan rings is 1. The summed E-state index contributed by atoms with van der Waals surface area (Å²) in [5.74, 6) is 0. The monoisotopic (exact) mass is 746 g/mol. The van der Waals surface area contributed by atoms with Gasteiger partial charge < -0.3 is 4.42 Å². The van der Waals surface area contributed by atoms with Gasteiger partial charge in [-0.1, -0.05) is 188 Å². The molecule has 0 bridgehead atoms. The van der Waals surface area contributed by atoms with E-state index in [1.807, 2.05) is 0 Å². The van der Waals surface area contributed by atoms with E-state index in [1.54, 1.807) is 0 Å². The molecule has 1 aliphatic rings. The number of hydrogen-bond acceptors (Lipinski definition) is 1. The average molecular weight is 747 g/mol. The minimum atomic E-state index is 0.909. The molecule has 59 heavy (non-hydrogen) atoms. The van der Waals surface area contributed by atoms with E-state index in [0.717, 1.165) is 27.3 Å². The van der Waals surface area contributed by atoms with Crippen molar-refractivity contribution in [1.82, 2.24) is 0 Å². The fourth-order valence-corrected chi connectivity index (χ4v) is 10.2. The maximum Gasteiger partial charge on any atom is 0.143 e. The van der Waals surface area contributed by atoms with Gasteiger partial charge in [-0.2, -0.15) is 0 Å². The first-order valence-corrected chi connectivity index (χ1v) is 20.4. The van der Waals surface area contributed by atoms with Crippen molar-refractivity contribution in [2.45, 2.75) is 0 Å². The Morgan fingerprint density at radius 2 is 0.746 bits per heavy atom. The third-order valence-electron chi connectivity index (χ3n) is 12.8. The van der Waals surface area contributed by atoms with E-state index in [4.69, 9.17) is 4.42 Å². The predicted molar refractivity (Wildman–Crippen MR) is 250 cm³/mol. The van der Waals surface area contributed by atoms with Gasteiger partial charge in [-0.25, -0.2) is 0 Å². The molecule has 1 heterocycles. The van der Waals surface area contributed by atoms with Crippen LogP contribution in [0.1, 0.15) is 0 Å². The number of benzene rings is 11. The van der Waals surface area contributed by atoms with Crippen LogP contribution in [-0.2, 0) is 0 Å². The van der Waals surface area contributed by atoms with Gasteiger partial charge in [0.05, 0.1) is 0 Å². The first kappa shape index (κ1) is 32.4. The summed E-state index contributed by atoms with van der Waals surface area (Å²) in [6.07, 6.45) is 0. The third kappa shape index (κ3) is 4.67. The quantitative estimate of drug-likeness (QED) is 0.164. The van der Waals surface area contributed by atoms with Crippen LogP contribution in [0.5, 0.6) is 0 Å². The maximum atomic E-state index is 6.53. The zero-order valence-corrected chi connectivity index (χ0v) is 32.0. The molecule has 0 spiro atoms. The van der Waals surface area contributed by atoms with Crippen LogP contribution in [0.2, 0.25) is 0 Å². The molecular formula is C58H34O. The summed E-state index contributed by atoms with van der Waals surface area (Å²) in [5, 5.41) is 12.2. The lowest BCUT2D eigenvalue weighted by atomic mass is 9.85. The standard InChI is InChI=1S/C58H34O/c1-2-14-40-35(12-1)28-30-52-53-34-38(29-33-54(53)59-58(40)52)56-49-20-9-7-18-47(49)55(48-19-8-10-21-50(48)56)37-26-24-36(25-27-37)39-13-3-4-15-41(39)44-31-32-51-43-17-6-5-16-42(43)45-22-11-23-46(44)57(45)51/h1-34H. The van der Waals surface area contributed by atoms with Gasteiger partial charge in [0.1, 0.15) is 11.2 Å². The lowest BCUT2D eigenvalue weighted by Gasteiger charge is -2.18. The Morgan fingerprint density at radius 1 is 0.254 bits per heavy atom. The highest BCUT2D eigenvalue weighted by molar-refractivity contribution is 6.23. The SMILES string of the molecule is c1ccc(-c2ccc3c4c(cccc24)-c2ccccc2-3)c(-c2ccc(-c3c4ccccc4c(-c4ccc5oc6c7ccccc7ccc6c5c4)c4ccccc34)cc2)c1. The first-order chi connectivity index (χ1) is 29.3. The molecule has 0 atom stereocenters. The lowest BCUT2D eigenvalue weighted by molar-refractivity contribution is 0.672. The second-order valence-corrected chi connectivity index (χ2v) is 15.9. The molecule has 0 amide bonds. The summed E-state index contributed by atoms with van der Waals surface area (Å²) < 4.78 is 6.53. The number of hydrogen-bond donors (Lipinski definition) is 0. The van der Waals surface area contributed by atoms with Gasteiger partial charge in [-0.3, -0.25) is 0 Å². The van der Waals surface area contributed by atoms with Crippen LogP contribution in [-0.4, -0.2) is 0 Å². The fraction of sp³-hybridized carbons (Fsp3) is 0. The minimum Gasteiger partial charge on any atom is -0.455 e. The van der Waals surface area contributed by atoms with Crippen LogP contribution in [0.4, 0.5) is 0 Å². The molecule has 1 nitrogen and oxygen atoms in total. The maximum absolute atomic E-state index is 6.53. The molecule has 0 saturated heterocycles. The van der Waals surface area contributed by atoms with Gasteiger partial charge in [-0.05, 0) is 123 Å². The molecule has 0 saturated carbocycles. The van der Waals surface area contributed by atoms with Gasteiger partial charge >= 0.3 is 0 Å². The van der Waals surface area contributed by atoms with Crippen LogP contribution < -0.4 is 0 Å². The molecule has 1 heteroatoms. The Morgan fingerprint density at radius 3 is 1.44 bits per heavy atom. The summed E-state index contributed by atoms with van der Waals surface area (Å²) in [6.45, 7) is 0. The van der Waals surface area contributed by atoms with E-state index in [2.05, 4.69) is 206 Å². The Kier molecular flexibility index (Phi) is 6.79. The number of rotatable bonds is 4. The van der Waals surface area contributed by atoms with Crippen molar-refractivity contribution in [3.8, 4) is 66.8 Å². The molecule has 13 rings (SSSR count). The summed E-state index contributed by atoms with van der Waals surface area (Å²) in [5.41, 5.74) is 17.0. The zero-order valence-electron chi connectivity index (χ0n) is 32.0. The molecule has 12 aromatic rings. The molecule has 1 aromatic heterocycles. The van der Waals surface area contributed by atoms with E-state index in [1.165, 1.54) is 104 Å². The lowest BCUT2D eigenvalue weighted by Crippen LogP contribution is -1.91.